The van der Waals surface area contributed by atoms with Crippen molar-refractivity contribution in [1.29, 1.82) is 5.26 Å². The van der Waals surface area contributed by atoms with Gasteiger partial charge in [-0.2, -0.15) is 5.26 Å². The molecule has 13 nitrogen and oxygen atoms in total. The van der Waals surface area contributed by atoms with Crippen LogP contribution < -0.4 is 25.4 Å². The molecular weight excluding hydrogens is 758 g/mol. The van der Waals surface area contributed by atoms with Crippen LogP contribution in [0.4, 0.5) is 11.5 Å². The summed E-state index contributed by atoms with van der Waals surface area (Å²) in [7, 11) is 0. The van der Waals surface area contributed by atoms with E-state index in [-0.39, 0.29) is 31.4 Å². The van der Waals surface area contributed by atoms with Crippen LogP contribution in [0.3, 0.4) is 0 Å². The number of nitriles is 1. The third-order valence-corrected chi connectivity index (χ3v) is 10.2. The molecule has 0 aliphatic carbocycles. The molecule has 0 unspecified atom stereocenters. The first-order valence-corrected chi connectivity index (χ1v) is 18.9. The number of carboxylic acid groups (broad SMARTS) is 1. The molecule has 6 N–H and O–H groups in total. The van der Waals surface area contributed by atoms with Crippen molar-refractivity contribution in [2.75, 3.05) is 25.1 Å². The predicted octanol–water partition coefficient (Wildman–Crippen LogP) is 6.74. The molecule has 6 rings (SSSR count). The van der Waals surface area contributed by atoms with Crippen molar-refractivity contribution in [3.05, 3.63) is 135 Å². The van der Waals surface area contributed by atoms with Gasteiger partial charge < -0.3 is 35.4 Å². The van der Waals surface area contributed by atoms with Crippen LogP contribution in [0.15, 0.2) is 91.5 Å². The highest BCUT2D eigenvalue weighted by molar-refractivity contribution is 6.32. The summed E-state index contributed by atoms with van der Waals surface area (Å²) < 4.78 is 12.5. The van der Waals surface area contributed by atoms with Gasteiger partial charge >= 0.3 is 5.97 Å². The number of nitrogens with one attached hydrogen (secondary N) is 3. The SMILES string of the molecule is Cc1c(COc2cc(OCc3cncc(C#N)c3)c(CN[C@@](C)(CO)C(=O)O)cc2Cl)cccc1-c1cccc(Nc2nccc3cc(CNCCO)cnc23)c1C. The number of halogens is 1. The van der Waals surface area contributed by atoms with Gasteiger partial charge in [-0.3, -0.25) is 20.1 Å². The highest BCUT2D eigenvalue weighted by Crippen LogP contribution is 2.37. The molecule has 0 aliphatic heterocycles. The molecule has 0 bridgehead atoms. The summed E-state index contributed by atoms with van der Waals surface area (Å²) in [5.74, 6) is 0.155. The molecule has 0 saturated heterocycles. The number of aromatic nitrogens is 3. The number of fused-ring (bicyclic) bond motifs is 1. The standard InChI is InChI=1S/C44H44ClN7O6/c1-27-33(25-58-40-17-39(57-24-31-14-29(18-46)19-48-21-31)34(16-37(40)45)23-51-44(3,26-54)43(55)56)6-4-7-35(27)36-8-5-9-38(28(36)2)52-42-41-32(10-11-49-42)15-30(22-50-41)20-47-12-13-53/h4-11,14-17,19,21-22,47,51,53-54H,12-13,20,23-26H2,1-3H3,(H,49,52)(H,55,56)/t44-/m0/s1. The molecule has 0 spiro atoms. The van der Waals surface area contributed by atoms with Crippen molar-refractivity contribution in [2.24, 2.45) is 0 Å². The average Bonchev–Trinajstić information content (AvgIpc) is 3.23. The predicted molar refractivity (Wildman–Crippen MR) is 222 cm³/mol. The number of carboxylic acids is 1. The minimum absolute atomic E-state index is 0.0153. The van der Waals surface area contributed by atoms with Gasteiger partial charge in [0.05, 0.1) is 23.8 Å². The summed E-state index contributed by atoms with van der Waals surface area (Å²) in [4.78, 5) is 25.3. The Morgan fingerprint density at radius 2 is 1.66 bits per heavy atom. The van der Waals surface area contributed by atoms with E-state index in [9.17, 15) is 20.3 Å². The Morgan fingerprint density at radius 3 is 2.41 bits per heavy atom. The van der Waals surface area contributed by atoms with Crippen molar-refractivity contribution in [3.63, 3.8) is 0 Å². The number of anilines is 2. The Bertz CT molecular complexity index is 2480. The molecule has 0 saturated carbocycles. The van der Waals surface area contributed by atoms with E-state index in [4.69, 9.17) is 31.2 Å². The Labute approximate surface area is 341 Å². The zero-order valence-corrected chi connectivity index (χ0v) is 33.1. The number of hydrogen-bond acceptors (Lipinski definition) is 12. The maximum Gasteiger partial charge on any atom is 0.326 e. The second kappa shape index (κ2) is 18.9. The van der Waals surface area contributed by atoms with E-state index < -0.39 is 18.1 Å². The van der Waals surface area contributed by atoms with Gasteiger partial charge in [-0.05, 0) is 84.5 Å². The number of nitrogens with zero attached hydrogens (tertiary/aromatic N) is 4. The molecule has 298 valence electrons. The molecule has 0 aliphatic rings. The minimum Gasteiger partial charge on any atom is -0.488 e. The van der Waals surface area contributed by atoms with Crippen molar-refractivity contribution in [3.8, 4) is 28.7 Å². The highest BCUT2D eigenvalue weighted by Gasteiger charge is 2.32. The Balaban J connectivity index is 1.23. The lowest BCUT2D eigenvalue weighted by Crippen LogP contribution is -2.52. The van der Waals surface area contributed by atoms with E-state index in [1.807, 2.05) is 43.5 Å². The number of aliphatic hydroxyl groups excluding tert-OH is 2. The van der Waals surface area contributed by atoms with Gasteiger partial charge in [0.1, 0.15) is 41.8 Å². The van der Waals surface area contributed by atoms with Crippen LogP contribution in [0, 0.1) is 25.2 Å². The quantitative estimate of drug-likeness (QED) is 0.0501. The van der Waals surface area contributed by atoms with Crippen molar-refractivity contribution in [1.82, 2.24) is 25.6 Å². The summed E-state index contributed by atoms with van der Waals surface area (Å²) in [6.07, 6.45) is 6.63. The van der Waals surface area contributed by atoms with Gasteiger partial charge in [0.2, 0.25) is 0 Å². The molecular formula is C44H44ClN7O6. The number of hydrogen-bond donors (Lipinski definition) is 6. The Kier molecular flexibility index (Phi) is 13.5. The van der Waals surface area contributed by atoms with Crippen molar-refractivity contribution >= 4 is 40.0 Å². The van der Waals surface area contributed by atoms with E-state index in [0.29, 0.717) is 47.1 Å². The first kappa shape index (κ1) is 41.5. The molecule has 14 heteroatoms. The summed E-state index contributed by atoms with van der Waals surface area (Å²) >= 11 is 6.76. The summed E-state index contributed by atoms with van der Waals surface area (Å²) in [5.41, 5.74) is 7.67. The van der Waals surface area contributed by atoms with Gasteiger partial charge in [-0.25, -0.2) is 4.98 Å². The fourth-order valence-electron chi connectivity index (χ4n) is 6.32. The van der Waals surface area contributed by atoms with E-state index in [1.54, 1.807) is 30.6 Å². The van der Waals surface area contributed by atoms with Crippen molar-refractivity contribution in [2.45, 2.75) is 52.6 Å². The van der Waals surface area contributed by atoms with Crippen molar-refractivity contribution < 1.29 is 29.6 Å². The normalized spacial score (nSPS) is 12.2. The zero-order chi connectivity index (χ0) is 41.2. The van der Waals surface area contributed by atoms with Crippen LogP contribution in [0.5, 0.6) is 11.5 Å². The fraction of sp³-hybridized carbons (Fsp3) is 0.250. The van der Waals surface area contributed by atoms with Gasteiger partial charge in [0.15, 0.2) is 5.82 Å². The van der Waals surface area contributed by atoms with Crippen LogP contribution in [0.25, 0.3) is 22.0 Å². The number of ether oxygens (including phenoxy) is 2. The lowest BCUT2D eigenvalue weighted by Gasteiger charge is -2.25. The molecule has 0 amide bonds. The Hall–Kier alpha value is -6.14. The van der Waals surface area contributed by atoms with Gasteiger partial charge in [0.25, 0.3) is 0 Å². The molecule has 3 heterocycles. The van der Waals surface area contributed by atoms with E-state index in [0.717, 1.165) is 50.0 Å². The topological polar surface area (TPSA) is 195 Å². The van der Waals surface area contributed by atoms with Gasteiger partial charge in [-0.15, -0.1) is 0 Å². The van der Waals surface area contributed by atoms with Crippen LogP contribution in [0.2, 0.25) is 5.02 Å². The van der Waals surface area contributed by atoms with Crippen LogP contribution in [-0.4, -0.2) is 61.5 Å². The smallest absolute Gasteiger partial charge is 0.326 e. The first-order valence-electron chi connectivity index (χ1n) is 18.6. The molecule has 58 heavy (non-hydrogen) atoms. The first-order chi connectivity index (χ1) is 28.0. The zero-order valence-electron chi connectivity index (χ0n) is 32.3. The van der Waals surface area contributed by atoms with E-state index in [2.05, 4.69) is 57.1 Å². The second-order valence-corrected chi connectivity index (χ2v) is 14.4. The molecule has 0 radical (unpaired) electrons. The largest absolute Gasteiger partial charge is 0.488 e. The summed E-state index contributed by atoms with van der Waals surface area (Å²) in [6.45, 7) is 6.31. The summed E-state index contributed by atoms with van der Waals surface area (Å²) in [5, 5.41) is 48.7. The summed E-state index contributed by atoms with van der Waals surface area (Å²) in [6, 6.07) is 23.2. The molecule has 3 aromatic carbocycles. The highest BCUT2D eigenvalue weighted by atomic mass is 35.5. The molecule has 0 fully saturated rings. The molecule has 3 aromatic heterocycles. The van der Waals surface area contributed by atoms with Crippen LogP contribution in [-0.2, 0) is 31.1 Å². The molecule has 1 atom stereocenters. The number of benzene rings is 3. The third kappa shape index (κ3) is 9.69. The lowest BCUT2D eigenvalue weighted by molar-refractivity contribution is -0.145. The van der Waals surface area contributed by atoms with Crippen LogP contribution in [0.1, 0.15) is 45.9 Å². The van der Waals surface area contributed by atoms with E-state index in [1.165, 1.54) is 13.1 Å². The maximum absolute atomic E-state index is 11.9. The molecule has 6 aromatic rings. The van der Waals surface area contributed by atoms with Gasteiger partial charge in [0, 0.05) is 72.7 Å². The lowest BCUT2D eigenvalue weighted by atomic mass is 9.93. The van der Waals surface area contributed by atoms with Gasteiger partial charge in [-0.1, -0.05) is 41.9 Å². The van der Waals surface area contributed by atoms with E-state index >= 15 is 0 Å². The van der Waals surface area contributed by atoms with Crippen LogP contribution >= 0.6 is 11.6 Å². The second-order valence-electron chi connectivity index (χ2n) is 14.0. The fourth-order valence-corrected chi connectivity index (χ4v) is 6.56. The number of rotatable bonds is 18. The Morgan fingerprint density at radius 1 is 0.879 bits per heavy atom. The third-order valence-electron chi connectivity index (χ3n) is 9.87. The average molecular weight is 802 g/mol. The number of carbonyl (C=O) groups is 1. The number of aliphatic carboxylic acids is 1. The number of pyridine rings is 3. The monoisotopic (exact) mass is 801 g/mol. The minimum atomic E-state index is -1.60. The maximum atomic E-state index is 11.9. The number of aliphatic hydroxyl groups is 2.